The third-order valence-electron chi connectivity index (χ3n) is 4.69. The van der Waals surface area contributed by atoms with Crippen LogP contribution in [0.15, 0.2) is 52.4 Å². The van der Waals surface area contributed by atoms with E-state index in [1.165, 1.54) is 16.7 Å². The first-order valence-corrected chi connectivity index (χ1v) is 9.71. The molecule has 0 aliphatic rings. The van der Waals surface area contributed by atoms with Crippen molar-refractivity contribution in [2.45, 2.75) is 78.6 Å². The van der Waals surface area contributed by atoms with E-state index in [0.717, 1.165) is 11.4 Å². The van der Waals surface area contributed by atoms with Gasteiger partial charge in [-0.1, -0.05) is 92.6 Å². The van der Waals surface area contributed by atoms with Crippen LogP contribution < -0.4 is 0 Å². The summed E-state index contributed by atoms with van der Waals surface area (Å²) in [5.41, 5.74) is 5.75. The van der Waals surface area contributed by atoms with Crippen molar-refractivity contribution in [2.24, 2.45) is 9.98 Å². The maximum absolute atomic E-state index is 4.74. The fourth-order valence-electron chi connectivity index (χ4n) is 2.97. The number of benzene rings is 2. The molecule has 0 unspecified atom stereocenters. The molecule has 0 atom stereocenters. The van der Waals surface area contributed by atoms with Crippen molar-refractivity contribution in [3.8, 4) is 0 Å². The zero-order valence-corrected chi connectivity index (χ0v) is 18.4. The second-order valence-corrected chi connectivity index (χ2v) is 10.3. The van der Waals surface area contributed by atoms with E-state index in [-0.39, 0.29) is 16.2 Å². The number of aliphatic imine (C=N–C) groups is 2. The third kappa shape index (κ3) is 5.40. The van der Waals surface area contributed by atoms with Crippen molar-refractivity contribution in [1.82, 2.24) is 0 Å². The zero-order valence-electron chi connectivity index (χ0n) is 18.4. The van der Waals surface area contributed by atoms with Crippen molar-refractivity contribution >= 4 is 17.4 Å². The topological polar surface area (TPSA) is 24.7 Å². The molecule has 2 aromatic rings. The Morgan fingerprint density at radius 3 is 1.52 bits per heavy atom. The Labute approximate surface area is 165 Å². The highest BCUT2D eigenvalue weighted by Gasteiger charge is 2.29. The quantitative estimate of drug-likeness (QED) is 0.489. The lowest BCUT2D eigenvalue weighted by molar-refractivity contribution is 0.550. The van der Waals surface area contributed by atoms with E-state index < -0.39 is 0 Å². The summed E-state index contributed by atoms with van der Waals surface area (Å²) >= 11 is 0. The normalized spacial score (nSPS) is 12.5. The van der Waals surface area contributed by atoms with Crippen LogP contribution in [-0.2, 0) is 16.2 Å². The van der Waals surface area contributed by atoms with Crippen LogP contribution in [0.5, 0.6) is 0 Å². The molecule has 2 heteroatoms. The lowest BCUT2D eigenvalue weighted by atomic mass is 9.74. The van der Waals surface area contributed by atoms with E-state index in [9.17, 15) is 0 Å². The van der Waals surface area contributed by atoms with Crippen LogP contribution in [0.4, 0.5) is 11.4 Å². The fraction of sp³-hybridized carbons (Fsp3) is 0.480. The van der Waals surface area contributed by atoms with Gasteiger partial charge in [-0.2, -0.15) is 9.98 Å². The van der Waals surface area contributed by atoms with E-state index in [0.29, 0.717) is 0 Å². The first kappa shape index (κ1) is 21.1. The van der Waals surface area contributed by atoms with Gasteiger partial charge in [-0.25, -0.2) is 0 Å². The summed E-state index contributed by atoms with van der Waals surface area (Å²) in [6, 6.07) is 17.4. The third-order valence-corrected chi connectivity index (χ3v) is 4.69. The zero-order chi connectivity index (χ0) is 20.5. The molecule has 0 saturated heterocycles. The van der Waals surface area contributed by atoms with Gasteiger partial charge in [0.1, 0.15) is 6.01 Å². The molecular formula is C25H34N2. The van der Waals surface area contributed by atoms with Crippen LogP contribution in [0, 0.1) is 0 Å². The Kier molecular flexibility index (Phi) is 5.82. The highest BCUT2D eigenvalue weighted by Crippen LogP contribution is 2.42. The van der Waals surface area contributed by atoms with Gasteiger partial charge in [0.15, 0.2) is 0 Å². The first-order valence-electron chi connectivity index (χ1n) is 9.71. The molecule has 0 saturated carbocycles. The van der Waals surface area contributed by atoms with Crippen LogP contribution in [0.3, 0.4) is 0 Å². The smallest absolute Gasteiger partial charge is 0.100 e. The minimum absolute atomic E-state index is 0.0193. The standard InChI is InChI=1S/C25H34N2/c1-23(2,3)18-15-20(24(4,5)6)22(21(16-18)25(7,8)9)27-17-26-19-13-11-10-12-14-19/h10-16H,1-9H3. The summed E-state index contributed by atoms with van der Waals surface area (Å²) in [6.07, 6.45) is 0. The molecule has 2 nitrogen and oxygen atoms in total. The van der Waals surface area contributed by atoms with Gasteiger partial charge in [0, 0.05) is 0 Å². The van der Waals surface area contributed by atoms with Gasteiger partial charge in [0.05, 0.1) is 11.4 Å². The van der Waals surface area contributed by atoms with Crippen LogP contribution >= 0.6 is 0 Å². The van der Waals surface area contributed by atoms with Gasteiger partial charge in [-0.05, 0) is 45.1 Å². The van der Waals surface area contributed by atoms with E-state index >= 15 is 0 Å². The Morgan fingerprint density at radius 2 is 1.11 bits per heavy atom. The highest BCUT2D eigenvalue weighted by atomic mass is 14.8. The molecule has 144 valence electrons. The SMILES string of the molecule is CC(C)(C)c1cc(C(C)(C)C)c(N=C=Nc2ccccc2)c(C(C)(C)C)c1. The molecule has 27 heavy (non-hydrogen) atoms. The van der Waals surface area contributed by atoms with Gasteiger partial charge in [0.25, 0.3) is 0 Å². The average Bonchev–Trinajstić information content (AvgIpc) is 2.52. The highest BCUT2D eigenvalue weighted by molar-refractivity contribution is 5.66. The minimum Gasteiger partial charge on any atom is -0.188 e. The predicted octanol–water partition coefficient (Wildman–Crippen LogP) is 7.72. The molecule has 0 aliphatic heterocycles. The van der Waals surface area contributed by atoms with Crippen LogP contribution in [0.1, 0.15) is 79.0 Å². The van der Waals surface area contributed by atoms with Crippen molar-refractivity contribution in [3.63, 3.8) is 0 Å². The van der Waals surface area contributed by atoms with Crippen LogP contribution in [0.2, 0.25) is 0 Å². The summed E-state index contributed by atoms with van der Waals surface area (Å²) in [4.78, 5) is 9.14. The monoisotopic (exact) mass is 362 g/mol. The molecule has 0 radical (unpaired) electrons. The molecule has 0 aromatic heterocycles. The fourth-order valence-corrected chi connectivity index (χ4v) is 2.97. The number of hydrogen-bond donors (Lipinski definition) is 0. The van der Waals surface area contributed by atoms with E-state index in [2.05, 4.69) is 85.4 Å². The molecule has 0 amide bonds. The number of rotatable bonds is 2. The number of para-hydroxylation sites is 1. The molecular weight excluding hydrogens is 328 g/mol. The van der Waals surface area contributed by atoms with Gasteiger partial charge in [-0.15, -0.1) is 0 Å². The summed E-state index contributed by atoms with van der Waals surface area (Å²) < 4.78 is 0. The van der Waals surface area contributed by atoms with Gasteiger partial charge in [-0.3, -0.25) is 0 Å². The molecule has 0 bridgehead atoms. The van der Waals surface area contributed by atoms with Gasteiger partial charge in [0.2, 0.25) is 0 Å². The lowest BCUT2D eigenvalue weighted by Crippen LogP contribution is -2.21. The molecule has 0 aliphatic carbocycles. The molecule has 2 aromatic carbocycles. The summed E-state index contributed by atoms with van der Waals surface area (Å²) in [7, 11) is 0. The minimum atomic E-state index is -0.0193. The summed E-state index contributed by atoms with van der Waals surface area (Å²) in [5.74, 6) is 0. The predicted molar refractivity (Wildman–Crippen MR) is 118 cm³/mol. The molecule has 0 fully saturated rings. The summed E-state index contributed by atoms with van der Waals surface area (Å²) in [6.45, 7) is 20.3. The second-order valence-electron chi connectivity index (χ2n) is 10.3. The number of hydrogen-bond acceptors (Lipinski definition) is 2. The van der Waals surface area contributed by atoms with Crippen molar-refractivity contribution in [1.29, 1.82) is 0 Å². The van der Waals surface area contributed by atoms with E-state index in [4.69, 9.17) is 4.99 Å². The maximum Gasteiger partial charge on any atom is 0.100 e. The first-order chi connectivity index (χ1) is 12.3. The Balaban J connectivity index is 2.75. The molecule has 2 rings (SSSR count). The van der Waals surface area contributed by atoms with Gasteiger partial charge < -0.3 is 0 Å². The second kappa shape index (κ2) is 7.44. The van der Waals surface area contributed by atoms with Gasteiger partial charge >= 0.3 is 0 Å². The van der Waals surface area contributed by atoms with Crippen molar-refractivity contribution < 1.29 is 0 Å². The average molecular weight is 363 g/mol. The molecule has 0 spiro atoms. The van der Waals surface area contributed by atoms with Crippen LogP contribution in [-0.4, -0.2) is 6.01 Å². The largest absolute Gasteiger partial charge is 0.188 e. The van der Waals surface area contributed by atoms with E-state index in [1.807, 2.05) is 30.3 Å². The molecule has 0 N–H and O–H groups in total. The Bertz CT molecular complexity index is 813. The number of nitrogens with zero attached hydrogens (tertiary/aromatic N) is 2. The van der Waals surface area contributed by atoms with Crippen molar-refractivity contribution in [2.75, 3.05) is 0 Å². The lowest BCUT2D eigenvalue weighted by Gasteiger charge is -2.31. The van der Waals surface area contributed by atoms with E-state index in [1.54, 1.807) is 0 Å². The van der Waals surface area contributed by atoms with Crippen molar-refractivity contribution in [3.05, 3.63) is 59.2 Å². The summed E-state index contributed by atoms with van der Waals surface area (Å²) in [5, 5.41) is 0. The maximum atomic E-state index is 4.74. The Hall–Kier alpha value is -2.18. The molecule has 0 heterocycles. The van der Waals surface area contributed by atoms with Crippen LogP contribution in [0.25, 0.3) is 0 Å². The Morgan fingerprint density at radius 1 is 0.630 bits per heavy atom.